The molecular formula is C16H19N3O2. The Bertz CT molecular complexity index is 642. The number of ether oxygens (including phenoxy) is 1. The minimum atomic E-state index is -0.245. The number of nitrogens with one attached hydrogen (secondary N) is 1. The third-order valence-electron chi connectivity index (χ3n) is 3.98. The zero-order valence-electron chi connectivity index (χ0n) is 11.9. The molecule has 0 aromatic carbocycles. The number of hydrogen-bond donors (Lipinski definition) is 1. The largest absolute Gasteiger partial charge is 0.445 e. The van der Waals surface area contributed by atoms with E-state index in [1.54, 1.807) is 11.0 Å². The molecule has 3 rings (SSSR count). The Morgan fingerprint density at radius 3 is 3.10 bits per heavy atom. The van der Waals surface area contributed by atoms with Gasteiger partial charge in [-0.1, -0.05) is 12.7 Å². The molecule has 5 heteroatoms. The predicted molar refractivity (Wildman–Crippen MR) is 81.2 cm³/mol. The molecule has 1 fully saturated rings. The first kappa shape index (κ1) is 13.7. The number of amides is 1. The molecule has 0 saturated carbocycles. The number of carbonyl (C=O) groups is 1. The molecular weight excluding hydrogens is 266 g/mol. The highest BCUT2D eigenvalue weighted by Gasteiger charge is 2.26. The molecule has 1 aliphatic rings. The van der Waals surface area contributed by atoms with E-state index in [-0.39, 0.29) is 12.7 Å². The van der Waals surface area contributed by atoms with E-state index < -0.39 is 0 Å². The lowest BCUT2D eigenvalue weighted by Crippen LogP contribution is -2.38. The van der Waals surface area contributed by atoms with E-state index in [9.17, 15) is 4.79 Å². The van der Waals surface area contributed by atoms with Crippen molar-refractivity contribution in [3.63, 3.8) is 0 Å². The number of aromatic nitrogens is 2. The molecule has 21 heavy (non-hydrogen) atoms. The third-order valence-corrected chi connectivity index (χ3v) is 3.98. The molecule has 0 spiro atoms. The average molecular weight is 285 g/mol. The van der Waals surface area contributed by atoms with Gasteiger partial charge in [0.1, 0.15) is 6.61 Å². The molecule has 2 aromatic heterocycles. The van der Waals surface area contributed by atoms with Crippen molar-refractivity contribution in [2.24, 2.45) is 0 Å². The first-order chi connectivity index (χ1) is 10.3. The molecule has 3 heterocycles. The Morgan fingerprint density at radius 2 is 2.33 bits per heavy atom. The van der Waals surface area contributed by atoms with Gasteiger partial charge in [0.05, 0.1) is 11.0 Å². The first-order valence-electron chi connectivity index (χ1n) is 7.24. The SMILES string of the molecule is C=CCOC(=O)N1CCC(c2c[nH]c3cccnc23)CC1. The van der Waals surface area contributed by atoms with Gasteiger partial charge in [-0.2, -0.15) is 0 Å². The number of likely N-dealkylation sites (tertiary alicyclic amines) is 1. The fourth-order valence-electron chi connectivity index (χ4n) is 2.88. The lowest BCUT2D eigenvalue weighted by atomic mass is 9.90. The summed E-state index contributed by atoms with van der Waals surface area (Å²) in [6.45, 7) is 5.26. The standard InChI is InChI=1S/C16H19N3O2/c1-2-10-21-16(20)19-8-5-12(6-9-19)13-11-18-14-4-3-7-17-15(13)14/h2-4,7,11-12,18H,1,5-6,8-10H2. The molecule has 1 N–H and O–H groups in total. The molecule has 1 aliphatic heterocycles. The number of pyridine rings is 1. The van der Waals surface area contributed by atoms with E-state index >= 15 is 0 Å². The van der Waals surface area contributed by atoms with Gasteiger partial charge in [0.2, 0.25) is 0 Å². The highest BCUT2D eigenvalue weighted by atomic mass is 16.6. The summed E-state index contributed by atoms with van der Waals surface area (Å²) in [5.41, 5.74) is 3.37. The van der Waals surface area contributed by atoms with Gasteiger partial charge in [-0.3, -0.25) is 4.98 Å². The van der Waals surface area contributed by atoms with E-state index in [1.165, 1.54) is 5.56 Å². The van der Waals surface area contributed by atoms with Gasteiger partial charge in [0.25, 0.3) is 0 Å². The second-order valence-corrected chi connectivity index (χ2v) is 5.27. The summed E-state index contributed by atoms with van der Waals surface area (Å²) in [5.74, 6) is 0.442. The van der Waals surface area contributed by atoms with Gasteiger partial charge < -0.3 is 14.6 Å². The highest BCUT2D eigenvalue weighted by Crippen LogP contribution is 2.32. The number of hydrogen-bond acceptors (Lipinski definition) is 3. The Kier molecular flexibility index (Phi) is 3.90. The molecule has 110 valence electrons. The summed E-state index contributed by atoms with van der Waals surface area (Å²) in [6.07, 6.45) is 7.09. The summed E-state index contributed by atoms with van der Waals surface area (Å²) in [4.78, 5) is 21.3. The molecule has 1 amide bonds. The van der Waals surface area contributed by atoms with Gasteiger partial charge in [-0.15, -0.1) is 0 Å². The maximum absolute atomic E-state index is 11.8. The molecule has 2 aromatic rings. The van der Waals surface area contributed by atoms with Gasteiger partial charge in [-0.25, -0.2) is 4.79 Å². The van der Waals surface area contributed by atoms with Crippen LogP contribution in [0, 0.1) is 0 Å². The second-order valence-electron chi connectivity index (χ2n) is 5.27. The van der Waals surface area contributed by atoms with Crippen LogP contribution in [0.1, 0.15) is 24.3 Å². The molecule has 1 saturated heterocycles. The summed E-state index contributed by atoms with van der Waals surface area (Å²) in [6, 6.07) is 3.97. The highest BCUT2D eigenvalue weighted by molar-refractivity contribution is 5.79. The smallest absolute Gasteiger partial charge is 0.410 e. The number of nitrogens with zero attached hydrogens (tertiary/aromatic N) is 2. The van der Waals surface area contributed by atoms with Crippen molar-refractivity contribution in [3.05, 3.63) is 42.7 Å². The maximum Gasteiger partial charge on any atom is 0.410 e. The minimum Gasteiger partial charge on any atom is -0.445 e. The van der Waals surface area contributed by atoms with Crippen LogP contribution in [-0.2, 0) is 4.74 Å². The average Bonchev–Trinajstić information content (AvgIpc) is 2.97. The number of carbonyl (C=O) groups excluding carboxylic acids is 1. The third kappa shape index (κ3) is 2.77. The van der Waals surface area contributed by atoms with Crippen LogP contribution >= 0.6 is 0 Å². The predicted octanol–water partition coefficient (Wildman–Crippen LogP) is 3.06. The zero-order valence-corrected chi connectivity index (χ0v) is 11.9. The monoisotopic (exact) mass is 285 g/mol. The van der Waals surface area contributed by atoms with Crippen LogP contribution in [0.25, 0.3) is 11.0 Å². The number of rotatable bonds is 3. The summed E-state index contributed by atoms with van der Waals surface area (Å²) >= 11 is 0. The van der Waals surface area contributed by atoms with E-state index in [4.69, 9.17) is 4.74 Å². The van der Waals surface area contributed by atoms with E-state index in [2.05, 4.69) is 16.5 Å². The van der Waals surface area contributed by atoms with Crippen LogP contribution in [0.2, 0.25) is 0 Å². The van der Waals surface area contributed by atoms with Crippen LogP contribution in [-0.4, -0.2) is 40.7 Å². The quantitative estimate of drug-likeness (QED) is 0.882. The Labute approximate surface area is 123 Å². The molecule has 0 radical (unpaired) electrons. The van der Waals surface area contributed by atoms with E-state index in [0.29, 0.717) is 5.92 Å². The topological polar surface area (TPSA) is 58.2 Å². The number of piperidine rings is 1. The Balaban J connectivity index is 1.66. The second kappa shape index (κ2) is 5.99. The van der Waals surface area contributed by atoms with E-state index in [1.807, 2.05) is 24.5 Å². The fraction of sp³-hybridized carbons (Fsp3) is 0.375. The number of H-pyrrole nitrogens is 1. The van der Waals surface area contributed by atoms with Gasteiger partial charge >= 0.3 is 6.09 Å². The molecule has 0 atom stereocenters. The molecule has 0 unspecified atom stereocenters. The van der Waals surface area contributed by atoms with Gasteiger partial charge in [0, 0.05) is 25.5 Å². The first-order valence-corrected chi connectivity index (χ1v) is 7.24. The van der Waals surface area contributed by atoms with Gasteiger partial charge in [-0.05, 0) is 36.5 Å². The minimum absolute atomic E-state index is 0.245. The number of fused-ring (bicyclic) bond motifs is 1. The summed E-state index contributed by atoms with van der Waals surface area (Å²) in [5, 5.41) is 0. The Morgan fingerprint density at radius 1 is 1.52 bits per heavy atom. The maximum atomic E-state index is 11.8. The normalized spacial score (nSPS) is 16.1. The van der Waals surface area contributed by atoms with Crippen LogP contribution in [0.4, 0.5) is 4.79 Å². The lowest BCUT2D eigenvalue weighted by Gasteiger charge is -2.31. The molecule has 0 aliphatic carbocycles. The Hall–Kier alpha value is -2.30. The van der Waals surface area contributed by atoms with Crippen molar-refractivity contribution < 1.29 is 9.53 Å². The zero-order chi connectivity index (χ0) is 14.7. The van der Waals surface area contributed by atoms with E-state index in [0.717, 1.165) is 37.0 Å². The fourth-order valence-corrected chi connectivity index (χ4v) is 2.88. The van der Waals surface area contributed by atoms with Crippen molar-refractivity contribution >= 4 is 17.1 Å². The summed E-state index contributed by atoms with van der Waals surface area (Å²) in [7, 11) is 0. The van der Waals surface area contributed by atoms with Crippen molar-refractivity contribution in [2.75, 3.05) is 19.7 Å². The summed E-state index contributed by atoms with van der Waals surface area (Å²) < 4.78 is 5.08. The van der Waals surface area contributed by atoms with Crippen molar-refractivity contribution in [2.45, 2.75) is 18.8 Å². The van der Waals surface area contributed by atoms with Crippen LogP contribution in [0.15, 0.2) is 37.2 Å². The molecule has 5 nitrogen and oxygen atoms in total. The van der Waals surface area contributed by atoms with Gasteiger partial charge in [0.15, 0.2) is 0 Å². The number of aromatic amines is 1. The van der Waals surface area contributed by atoms with Crippen molar-refractivity contribution in [1.82, 2.24) is 14.9 Å². The van der Waals surface area contributed by atoms with Crippen molar-refractivity contribution in [3.8, 4) is 0 Å². The molecule has 0 bridgehead atoms. The van der Waals surface area contributed by atoms with Crippen LogP contribution < -0.4 is 0 Å². The lowest BCUT2D eigenvalue weighted by molar-refractivity contribution is 0.102. The van der Waals surface area contributed by atoms with Crippen molar-refractivity contribution in [1.29, 1.82) is 0 Å². The van der Waals surface area contributed by atoms with Crippen LogP contribution in [0.3, 0.4) is 0 Å². The van der Waals surface area contributed by atoms with Crippen LogP contribution in [0.5, 0.6) is 0 Å².